The van der Waals surface area contributed by atoms with Gasteiger partial charge in [-0.2, -0.15) is 0 Å². The topological polar surface area (TPSA) is 104 Å². The maximum absolute atomic E-state index is 13.6. The van der Waals surface area contributed by atoms with E-state index in [9.17, 15) is 14.4 Å². The summed E-state index contributed by atoms with van der Waals surface area (Å²) in [6, 6.07) is 15.3. The molecule has 0 bridgehead atoms. The van der Waals surface area contributed by atoms with Gasteiger partial charge in [0, 0.05) is 43.2 Å². The summed E-state index contributed by atoms with van der Waals surface area (Å²) in [5.74, 6) is -0.851. The van der Waals surface area contributed by atoms with Crippen molar-refractivity contribution < 1.29 is 14.4 Å². The van der Waals surface area contributed by atoms with E-state index in [1.165, 1.54) is 4.90 Å². The number of nitrogens with zero attached hydrogens (tertiary/aromatic N) is 3. The van der Waals surface area contributed by atoms with Crippen molar-refractivity contribution in [2.24, 2.45) is 0 Å². The number of hydrogen-bond acceptors (Lipinski definition) is 5. The van der Waals surface area contributed by atoms with E-state index in [4.69, 9.17) is 0 Å². The van der Waals surface area contributed by atoms with E-state index in [2.05, 4.69) is 20.6 Å². The fourth-order valence-electron chi connectivity index (χ4n) is 4.34. The monoisotopic (exact) mass is 471 g/mol. The molecular weight excluding hydrogens is 442 g/mol. The minimum absolute atomic E-state index is 0.0234. The molecule has 1 atom stereocenters. The molecule has 1 saturated carbocycles. The van der Waals surface area contributed by atoms with Gasteiger partial charge in [-0.15, -0.1) is 0 Å². The highest BCUT2D eigenvalue weighted by atomic mass is 16.2. The Morgan fingerprint density at radius 1 is 0.886 bits per heavy atom. The summed E-state index contributed by atoms with van der Waals surface area (Å²) in [5.41, 5.74) is 1.82. The Kier molecular flexibility index (Phi) is 8.17. The lowest BCUT2D eigenvalue weighted by Crippen LogP contribution is -2.46. The first-order chi connectivity index (χ1) is 17.1. The molecule has 8 nitrogen and oxygen atoms in total. The molecule has 0 spiro atoms. The zero-order chi connectivity index (χ0) is 24.5. The summed E-state index contributed by atoms with van der Waals surface area (Å²) >= 11 is 0. The number of benzene rings is 1. The molecule has 3 aromatic rings. The predicted octanol–water partition coefficient (Wildman–Crippen LogP) is 4.03. The maximum Gasteiger partial charge on any atom is 0.248 e. The molecule has 1 aromatic carbocycles. The Balaban J connectivity index is 1.57. The first kappa shape index (κ1) is 24.1. The van der Waals surface area contributed by atoms with Crippen molar-refractivity contribution in [3.05, 3.63) is 84.9 Å². The zero-order valence-electron chi connectivity index (χ0n) is 19.5. The van der Waals surface area contributed by atoms with Crippen LogP contribution in [0.1, 0.15) is 50.1 Å². The van der Waals surface area contributed by atoms with Crippen molar-refractivity contribution in [3.63, 3.8) is 0 Å². The number of anilines is 2. The minimum atomic E-state index is -0.880. The molecule has 2 N–H and O–H groups in total. The van der Waals surface area contributed by atoms with Gasteiger partial charge in [-0.1, -0.05) is 31.0 Å². The lowest BCUT2D eigenvalue weighted by Gasteiger charge is -2.32. The molecule has 1 aliphatic rings. The molecule has 0 saturated heterocycles. The summed E-state index contributed by atoms with van der Waals surface area (Å²) in [5, 5.41) is 5.89. The van der Waals surface area contributed by atoms with Crippen LogP contribution in [0.25, 0.3) is 0 Å². The van der Waals surface area contributed by atoms with Crippen molar-refractivity contribution in [2.45, 2.75) is 50.6 Å². The molecule has 0 radical (unpaired) electrons. The van der Waals surface area contributed by atoms with Gasteiger partial charge in [0.15, 0.2) is 0 Å². The Labute approximate surface area is 204 Å². The van der Waals surface area contributed by atoms with Gasteiger partial charge in [0.1, 0.15) is 6.04 Å². The number of hydrogen-bond donors (Lipinski definition) is 2. The number of nitrogens with one attached hydrogen (secondary N) is 2. The third-order valence-electron chi connectivity index (χ3n) is 6.04. The molecule has 180 valence electrons. The van der Waals surface area contributed by atoms with E-state index in [0.29, 0.717) is 16.9 Å². The third kappa shape index (κ3) is 6.50. The van der Waals surface area contributed by atoms with E-state index in [1.807, 2.05) is 18.2 Å². The second-order valence-corrected chi connectivity index (χ2v) is 8.56. The van der Waals surface area contributed by atoms with E-state index in [1.54, 1.807) is 61.2 Å². The number of amides is 3. The van der Waals surface area contributed by atoms with E-state index >= 15 is 0 Å². The third-order valence-corrected chi connectivity index (χ3v) is 6.04. The maximum atomic E-state index is 13.6. The lowest BCUT2D eigenvalue weighted by atomic mass is 10.0. The van der Waals surface area contributed by atoms with Crippen LogP contribution in [0, 0.1) is 0 Å². The second-order valence-electron chi connectivity index (χ2n) is 8.56. The fourth-order valence-corrected chi connectivity index (χ4v) is 4.34. The van der Waals surface area contributed by atoms with Crippen molar-refractivity contribution in [1.82, 2.24) is 15.3 Å². The van der Waals surface area contributed by atoms with Crippen LogP contribution < -0.4 is 15.5 Å². The van der Waals surface area contributed by atoms with Gasteiger partial charge in [0.25, 0.3) is 0 Å². The predicted molar refractivity (Wildman–Crippen MR) is 133 cm³/mol. The van der Waals surface area contributed by atoms with Crippen LogP contribution in [-0.4, -0.2) is 33.7 Å². The van der Waals surface area contributed by atoms with Crippen LogP contribution in [0.4, 0.5) is 11.4 Å². The summed E-state index contributed by atoms with van der Waals surface area (Å²) in [7, 11) is 0. The molecule has 35 heavy (non-hydrogen) atoms. The van der Waals surface area contributed by atoms with Gasteiger partial charge in [-0.25, -0.2) is 0 Å². The first-order valence-corrected chi connectivity index (χ1v) is 11.9. The highest BCUT2D eigenvalue weighted by molar-refractivity contribution is 6.03. The Hall–Kier alpha value is -4.07. The van der Waals surface area contributed by atoms with Crippen LogP contribution in [0.15, 0.2) is 79.4 Å². The van der Waals surface area contributed by atoms with E-state index < -0.39 is 6.04 Å². The number of aromatic nitrogens is 2. The smallest absolute Gasteiger partial charge is 0.248 e. The van der Waals surface area contributed by atoms with E-state index in [0.717, 1.165) is 25.7 Å². The molecule has 1 fully saturated rings. The van der Waals surface area contributed by atoms with Crippen LogP contribution >= 0.6 is 0 Å². The van der Waals surface area contributed by atoms with Gasteiger partial charge in [-0.05, 0) is 54.8 Å². The van der Waals surface area contributed by atoms with Gasteiger partial charge >= 0.3 is 0 Å². The zero-order valence-corrected chi connectivity index (χ0v) is 19.5. The fraction of sp³-hybridized carbons (Fsp3) is 0.296. The lowest BCUT2D eigenvalue weighted by molar-refractivity contribution is -0.127. The van der Waals surface area contributed by atoms with Crippen molar-refractivity contribution in [1.29, 1.82) is 0 Å². The number of carbonyl (C=O) groups excluding carboxylic acids is 3. The van der Waals surface area contributed by atoms with Crippen molar-refractivity contribution in [2.75, 3.05) is 10.2 Å². The van der Waals surface area contributed by atoms with Gasteiger partial charge in [0.05, 0.1) is 11.9 Å². The van der Waals surface area contributed by atoms with Gasteiger partial charge < -0.3 is 10.6 Å². The Morgan fingerprint density at radius 3 is 2.31 bits per heavy atom. The number of para-hydroxylation sites is 1. The highest BCUT2D eigenvalue weighted by Crippen LogP contribution is 2.29. The molecule has 3 amide bonds. The Bertz CT molecular complexity index is 1120. The summed E-state index contributed by atoms with van der Waals surface area (Å²) in [4.78, 5) is 49.2. The Morgan fingerprint density at radius 2 is 1.63 bits per heavy atom. The SMILES string of the molecule is O=C(CCC(=O)N(c1ccccc1)[C@H](C(=O)NC1CCCC1)c1ccncc1)Nc1cccnc1. The molecule has 0 aliphatic heterocycles. The number of pyridine rings is 2. The summed E-state index contributed by atoms with van der Waals surface area (Å²) in [6.45, 7) is 0. The largest absolute Gasteiger partial charge is 0.351 e. The van der Waals surface area contributed by atoms with Gasteiger partial charge in [-0.3, -0.25) is 29.3 Å². The number of carbonyl (C=O) groups is 3. The second kappa shape index (κ2) is 11.9. The van der Waals surface area contributed by atoms with Crippen molar-refractivity contribution in [3.8, 4) is 0 Å². The highest BCUT2D eigenvalue weighted by Gasteiger charge is 2.34. The molecule has 4 rings (SSSR count). The van der Waals surface area contributed by atoms with Crippen molar-refractivity contribution >= 4 is 29.1 Å². The molecule has 8 heteroatoms. The van der Waals surface area contributed by atoms with E-state index in [-0.39, 0.29) is 36.6 Å². The molecule has 2 heterocycles. The molecule has 0 unspecified atom stereocenters. The molecular formula is C27H29N5O3. The van der Waals surface area contributed by atoms with Crippen LogP contribution in [0.2, 0.25) is 0 Å². The average molecular weight is 472 g/mol. The summed E-state index contributed by atoms with van der Waals surface area (Å²) in [6.07, 6.45) is 10.3. The van der Waals surface area contributed by atoms with Gasteiger partial charge in [0.2, 0.25) is 17.7 Å². The number of rotatable bonds is 9. The first-order valence-electron chi connectivity index (χ1n) is 11.9. The normalized spacial score (nSPS) is 14.2. The van der Waals surface area contributed by atoms with Crippen LogP contribution in [-0.2, 0) is 14.4 Å². The van der Waals surface area contributed by atoms with Crippen LogP contribution in [0.5, 0.6) is 0 Å². The molecule has 2 aromatic heterocycles. The quantitative estimate of drug-likeness (QED) is 0.490. The standard InChI is InChI=1S/C27H29N5O3/c33-24(30-22-9-6-16-29-19-22)12-13-25(34)32(23-10-2-1-3-11-23)26(20-14-17-28-18-15-20)27(35)31-21-7-4-5-8-21/h1-3,6,9-11,14-19,21,26H,4-5,7-8,12-13H2,(H,30,33)(H,31,35)/t26-/m0/s1. The average Bonchev–Trinajstić information content (AvgIpc) is 3.40. The summed E-state index contributed by atoms with van der Waals surface area (Å²) < 4.78 is 0. The van der Waals surface area contributed by atoms with Crippen LogP contribution in [0.3, 0.4) is 0 Å². The molecule has 1 aliphatic carbocycles. The minimum Gasteiger partial charge on any atom is -0.351 e.